The van der Waals surface area contributed by atoms with Crippen LogP contribution >= 0.6 is 11.5 Å². The zero-order valence-electron chi connectivity index (χ0n) is 8.25. The van der Waals surface area contributed by atoms with Crippen LogP contribution in [0.5, 0.6) is 0 Å². The van der Waals surface area contributed by atoms with Gasteiger partial charge in [-0.15, -0.1) is 5.10 Å². The van der Waals surface area contributed by atoms with Crippen LogP contribution in [0.2, 0.25) is 0 Å². The van der Waals surface area contributed by atoms with Gasteiger partial charge in [0.1, 0.15) is 4.88 Å². The summed E-state index contributed by atoms with van der Waals surface area (Å²) in [7, 11) is 1.68. The zero-order valence-corrected chi connectivity index (χ0v) is 9.07. The van der Waals surface area contributed by atoms with Gasteiger partial charge in [0, 0.05) is 20.1 Å². The highest BCUT2D eigenvalue weighted by Gasteiger charge is 2.32. The van der Waals surface area contributed by atoms with Gasteiger partial charge in [-0.1, -0.05) is 4.49 Å². The molecule has 0 saturated carbocycles. The molecule has 7 heteroatoms. The lowest BCUT2D eigenvalue weighted by Gasteiger charge is -2.25. The summed E-state index contributed by atoms with van der Waals surface area (Å²) in [4.78, 5) is 13.9. The van der Waals surface area contributed by atoms with Crippen molar-refractivity contribution >= 4 is 17.4 Å². The molecule has 0 aromatic carbocycles. The molecule has 2 heterocycles. The van der Waals surface area contributed by atoms with Crippen LogP contribution in [0.3, 0.4) is 0 Å². The lowest BCUT2D eigenvalue weighted by molar-refractivity contribution is 0.0585. The lowest BCUT2D eigenvalue weighted by atomic mass is 10.2. The monoisotopic (exact) mass is 228 g/mol. The maximum atomic E-state index is 11.9. The number of aliphatic hydroxyl groups excluding tert-OH is 1. The standard InChI is InChI=1S/C8H12N4O2S/c1-12(5-2-9-3-6(5)13)8(14)7-4-10-11-15-7/h4-6,9,13H,2-3H2,1H3. The topological polar surface area (TPSA) is 78.4 Å². The molecule has 1 aliphatic heterocycles. The minimum Gasteiger partial charge on any atom is -0.390 e. The van der Waals surface area contributed by atoms with Crippen LogP contribution in [-0.4, -0.2) is 57.8 Å². The van der Waals surface area contributed by atoms with Crippen LogP contribution in [0.25, 0.3) is 0 Å². The Kier molecular flexibility index (Phi) is 2.94. The summed E-state index contributed by atoms with van der Waals surface area (Å²) < 4.78 is 3.64. The third-order valence-electron chi connectivity index (χ3n) is 2.54. The van der Waals surface area contributed by atoms with Crippen molar-refractivity contribution in [3.63, 3.8) is 0 Å². The second kappa shape index (κ2) is 4.21. The third kappa shape index (κ3) is 1.99. The molecule has 2 N–H and O–H groups in total. The molecular weight excluding hydrogens is 216 g/mol. The Bertz CT molecular complexity index is 342. The van der Waals surface area contributed by atoms with Gasteiger partial charge in [0.05, 0.1) is 18.3 Å². The number of likely N-dealkylation sites (N-methyl/N-ethyl adjacent to an activating group) is 1. The van der Waals surface area contributed by atoms with E-state index in [1.165, 1.54) is 6.20 Å². The number of β-amino-alcohol motifs (C(OH)–C–C–N with tert-alkyl or cyclic N) is 1. The molecule has 1 amide bonds. The normalized spacial score (nSPS) is 25.5. The van der Waals surface area contributed by atoms with Crippen molar-refractivity contribution in [2.45, 2.75) is 12.1 Å². The number of rotatable bonds is 2. The summed E-state index contributed by atoms with van der Waals surface area (Å²) in [5.74, 6) is -0.141. The number of amides is 1. The maximum Gasteiger partial charge on any atom is 0.267 e. The molecular formula is C8H12N4O2S. The number of carbonyl (C=O) groups is 1. The Hall–Kier alpha value is -1.05. The van der Waals surface area contributed by atoms with Crippen molar-refractivity contribution in [2.75, 3.05) is 20.1 Å². The minimum absolute atomic E-state index is 0.141. The summed E-state index contributed by atoms with van der Waals surface area (Å²) in [5, 5.41) is 16.3. The number of aromatic nitrogens is 2. The van der Waals surface area contributed by atoms with E-state index >= 15 is 0 Å². The van der Waals surface area contributed by atoms with E-state index < -0.39 is 6.10 Å². The number of nitrogens with one attached hydrogen (secondary N) is 1. The minimum atomic E-state index is -0.500. The number of aliphatic hydroxyl groups is 1. The van der Waals surface area contributed by atoms with Crippen LogP contribution < -0.4 is 5.32 Å². The molecule has 0 spiro atoms. The van der Waals surface area contributed by atoms with Gasteiger partial charge in [0.25, 0.3) is 5.91 Å². The lowest BCUT2D eigenvalue weighted by Crippen LogP contribution is -2.44. The Labute approximate surface area is 91.1 Å². The molecule has 0 bridgehead atoms. The highest BCUT2D eigenvalue weighted by molar-refractivity contribution is 7.07. The molecule has 2 unspecified atom stereocenters. The third-order valence-corrected chi connectivity index (χ3v) is 3.19. The molecule has 1 fully saturated rings. The van der Waals surface area contributed by atoms with Gasteiger partial charge < -0.3 is 15.3 Å². The molecule has 1 saturated heterocycles. The van der Waals surface area contributed by atoms with Crippen LogP contribution in [0.4, 0.5) is 0 Å². The molecule has 15 heavy (non-hydrogen) atoms. The fraction of sp³-hybridized carbons (Fsp3) is 0.625. The first-order valence-corrected chi connectivity index (χ1v) is 5.41. The van der Waals surface area contributed by atoms with Crippen molar-refractivity contribution in [2.24, 2.45) is 0 Å². The fourth-order valence-corrected chi connectivity index (χ4v) is 2.13. The van der Waals surface area contributed by atoms with Crippen molar-refractivity contribution in [3.8, 4) is 0 Å². The smallest absolute Gasteiger partial charge is 0.267 e. The van der Waals surface area contributed by atoms with Crippen molar-refractivity contribution in [1.29, 1.82) is 0 Å². The van der Waals surface area contributed by atoms with Gasteiger partial charge in [0.2, 0.25) is 0 Å². The van der Waals surface area contributed by atoms with Gasteiger partial charge in [-0.2, -0.15) is 0 Å². The molecule has 6 nitrogen and oxygen atoms in total. The van der Waals surface area contributed by atoms with Gasteiger partial charge in [0.15, 0.2) is 0 Å². The zero-order chi connectivity index (χ0) is 10.8. The van der Waals surface area contributed by atoms with E-state index in [1.54, 1.807) is 11.9 Å². The fourth-order valence-electron chi connectivity index (χ4n) is 1.63. The van der Waals surface area contributed by atoms with Crippen LogP contribution in [0.1, 0.15) is 9.67 Å². The highest BCUT2D eigenvalue weighted by atomic mass is 32.1. The van der Waals surface area contributed by atoms with E-state index in [4.69, 9.17) is 0 Å². The van der Waals surface area contributed by atoms with Gasteiger partial charge >= 0.3 is 0 Å². The molecule has 1 aromatic heterocycles. The summed E-state index contributed by atoms with van der Waals surface area (Å²) in [5.41, 5.74) is 0. The van der Waals surface area contributed by atoms with Gasteiger partial charge in [-0.25, -0.2) is 0 Å². The van der Waals surface area contributed by atoms with E-state index in [9.17, 15) is 9.90 Å². The number of hydrogen-bond donors (Lipinski definition) is 2. The highest BCUT2D eigenvalue weighted by Crippen LogP contribution is 2.13. The van der Waals surface area contributed by atoms with E-state index in [0.29, 0.717) is 18.0 Å². The SMILES string of the molecule is CN(C(=O)c1cnns1)C1CNCC1O. The molecule has 2 rings (SSSR count). The Morgan fingerprint density at radius 1 is 1.73 bits per heavy atom. The first-order valence-electron chi connectivity index (χ1n) is 4.63. The molecule has 1 aliphatic rings. The van der Waals surface area contributed by atoms with Crippen molar-refractivity contribution < 1.29 is 9.90 Å². The summed E-state index contributed by atoms with van der Waals surface area (Å²) in [6.07, 6.45) is 0.943. The summed E-state index contributed by atoms with van der Waals surface area (Å²) >= 11 is 1.07. The molecule has 2 atom stereocenters. The largest absolute Gasteiger partial charge is 0.390 e. The Morgan fingerprint density at radius 2 is 2.53 bits per heavy atom. The van der Waals surface area contributed by atoms with Crippen LogP contribution in [0.15, 0.2) is 6.20 Å². The first-order chi connectivity index (χ1) is 7.20. The van der Waals surface area contributed by atoms with Gasteiger partial charge in [-0.05, 0) is 11.5 Å². The Balaban J connectivity index is 2.07. The average Bonchev–Trinajstić information content (AvgIpc) is 2.85. The second-order valence-electron chi connectivity index (χ2n) is 3.49. The van der Waals surface area contributed by atoms with E-state index in [0.717, 1.165) is 11.5 Å². The maximum absolute atomic E-state index is 11.9. The summed E-state index contributed by atoms with van der Waals surface area (Å²) in [6, 6.07) is -0.167. The number of nitrogens with zero attached hydrogens (tertiary/aromatic N) is 3. The quantitative estimate of drug-likeness (QED) is 0.675. The number of hydrogen-bond acceptors (Lipinski definition) is 6. The molecule has 82 valence electrons. The predicted octanol–water partition coefficient (Wildman–Crippen LogP) is -1.06. The van der Waals surface area contributed by atoms with Crippen molar-refractivity contribution in [3.05, 3.63) is 11.1 Å². The molecule has 0 radical (unpaired) electrons. The van der Waals surface area contributed by atoms with Crippen molar-refractivity contribution in [1.82, 2.24) is 19.8 Å². The van der Waals surface area contributed by atoms with Crippen LogP contribution in [0, 0.1) is 0 Å². The molecule has 1 aromatic rings. The van der Waals surface area contributed by atoms with E-state index in [2.05, 4.69) is 14.9 Å². The second-order valence-corrected chi connectivity index (χ2v) is 4.28. The summed E-state index contributed by atoms with van der Waals surface area (Å²) in [6.45, 7) is 1.15. The van der Waals surface area contributed by atoms with Crippen LogP contribution in [-0.2, 0) is 0 Å². The van der Waals surface area contributed by atoms with Gasteiger partial charge in [-0.3, -0.25) is 4.79 Å². The predicted molar refractivity (Wildman–Crippen MR) is 54.7 cm³/mol. The Morgan fingerprint density at radius 3 is 3.07 bits per heavy atom. The molecule has 0 aliphatic carbocycles. The van der Waals surface area contributed by atoms with E-state index in [-0.39, 0.29) is 11.9 Å². The van der Waals surface area contributed by atoms with E-state index in [1.807, 2.05) is 0 Å². The average molecular weight is 228 g/mol. The number of carbonyl (C=O) groups excluding carboxylic acids is 1. The first kappa shape index (κ1) is 10.5.